The van der Waals surface area contributed by atoms with Crippen LogP contribution < -0.4 is 4.74 Å². The Balaban J connectivity index is 1.42. The van der Waals surface area contributed by atoms with Crippen LogP contribution in [0.4, 0.5) is 8.78 Å². The number of benzene rings is 2. The van der Waals surface area contributed by atoms with Crippen molar-refractivity contribution >= 4 is 22.7 Å². The molecule has 7 nitrogen and oxygen atoms in total. The van der Waals surface area contributed by atoms with E-state index in [1.807, 2.05) is 28.8 Å². The molecule has 4 aromatic rings. The van der Waals surface area contributed by atoms with Crippen molar-refractivity contribution < 1.29 is 23.1 Å². The lowest BCUT2D eigenvalue weighted by Crippen LogP contribution is -2.30. The molecule has 0 saturated carbocycles. The highest BCUT2D eigenvalue weighted by atomic mass is 19.3. The minimum Gasteiger partial charge on any atom is -0.434 e. The Morgan fingerprint density at radius 2 is 1.92 bits per heavy atom. The molecule has 1 aliphatic carbocycles. The number of pyridine rings is 1. The number of nitrogens with zero attached hydrogens (tertiary/aromatic N) is 4. The summed E-state index contributed by atoms with van der Waals surface area (Å²) in [7, 11) is 1.72. The first kappa shape index (κ1) is 21.2. The summed E-state index contributed by atoms with van der Waals surface area (Å²) in [6.45, 7) is -3.01. The van der Waals surface area contributed by atoms with Gasteiger partial charge < -0.3 is 14.2 Å². The fraction of sp³-hybridized carbons (Fsp3) is 0.259. The van der Waals surface area contributed by atoms with Crippen LogP contribution >= 0.6 is 0 Å². The summed E-state index contributed by atoms with van der Waals surface area (Å²) < 4.78 is 33.5. The molecule has 2 bridgehead atoms. The van der Waals surface area contributed by atoms with Gasteiger partial charge in [0.1, 0.15) is 17.3 Å². The maximum Gasteiger partial charge on any atom is 0.387 e. The number of Topliss-reactive ketones (excluding diaryl/α,β-unsaturated/α-hetero) is 1. The molecule has 9 heteroatoms. The van der Waals surface area contributed by atoms with E-state index in [-0.39, 0.29) is 29.5 Å². The standard InChI is InChI=1S/C27H20F2N4O3/c1-32-20-11-19(23-16(26(32)35)3-2-4-22(23)36-27(28)29)33-18-10-13(5-7-17(18)31-25(20)33)15-9-14-6-8-21(34)24(14)30-12-15/h2-5,7,9-10,12,19-20,27H,6,8,11H2,1H3. The lowest BCUT2D eigenvalue weighted by Gasteiger charge is -2.24. The van der Waals surface area contributed by atoms with Gasteiger partial charge in [-0.3, -0.25) is 14.6 Å². The Bertz CT molecular complexity index is 1610. The van der Waals surface area contributed by atoms with E-state index in [2.05, 4.69) is 4.98 Å². The number of halogens is 2. The number of aryl methyl sites for hydroxylation is 1. The quantitative estimate of drug-likeness (QED) is 0.410. The van der Waals surface area contributed by atoms with Gasteiger partial charge in [0.25, 0.3) is 5.91 Å². The number of ketones is 1. The molecule has 0 N–H and O–H groups in total. The highest BCUT2D eigenvalue weighted by Crippen LogP contribution is 2.50. The summed E-state index contributed by atoms with van der Waals surface area (Å²) in [4.78, 5) is 36.2. The van der Waals surface area contributed by atoms with Crippen molar-refractivity contribution in [3.63, 3.8) is 0 Å². The van der Waals surface area contributed by atoms with Crippen molar-refractivity contribution in [3.05, 3.63) is 76.9 Å². The van der Waals surface area contributed by atoms with Crippen LogP contribution in [0.1, 0.15) is 62.7 Å². The van der Waals surface area contributed by atoms with Crippen LogP contribution in [0.5, 0.6) is 5.75 Å². The normalized spacial score (nSPS) is 20.1. The van der Waals surface area contributed by atoms with Gasteiger partial charge in [-0.25, -0.2) is 4.98 Å². The Morgan fingerprint density at radius 1 is 1.06 bits per heavy atom. The number of alkyl halides is 2. The molecule has 0 fully saturated rings. The zero-order chi connectivity index (χ0) is 24.7. The minimum atomic E-state index is -3.01. The highest BCUT2D eigenvalue weighted by molar-refractivity contribution is 5.99. The van der Waals surface area contributed by atoms with Gasteiger partial charge in [0.2, 0.25) is 0 Å². The zero-order valence-corrected chi connectivity index (χ0v) is 19.2. The number of carbonyl (C=O) groups is 2. The van der Waals surface area contributed by atoms with Crippen LogP contribution in [-0.2, 0) is 6.42 Å². The monoisotopic (exact) mass is 486 g/mol. The number of rotatable bonds is 3. The third kappa shape index (κ3) is 2.88. The number of hydrogen-bond acceptors (Lipinski definition) is 5. The van der Waals surface area contributed by atoms with Gasteiger partial charge in [0.15, 0.2) is 5.78 Å². The molecule has 180 valence electrons. The first-order chi connectivity index (χ1) is 17.4. The molecule has 0 spiro atoms. The summed E-state index contributed by atoms with van der Waals surface area (Å²) >= 11 is 0. The smallest absolute Gasteiger partial charge is 0.387 e. The molecule has 2 aromatic carbocycles. The number of amides is 1. The van der Waals surface area contributed by atoms with Crippen molar-refractivity contribution in [1.29, 1.82) is 0 Å². The molecule has 7 rings (SSSR count). The van der Waals surface area contributed by atoms with E-state index >= 15 is 0 Å². The van der Waals surface area contributed by atoms with E-state index < -0.39 is 6.61 Å². The van der Waals surface area contributed by atoms with Crippen LogP contribution in [0.2, 0.25) is 0 Å². The van der Waals surface area contributed by atoms with E-state index in [4.69, 9.17) is 9.72 Å². The van der Waals surface area contributed by atoms with Crippen molar-refractivity contribution in [2.24, 2.45) is 0 Å². The molecule has 2 atom stereocenters. The van der Waals surface area contributed by atoms with E-state index in [1.54, 1.807) is 30.3 Å². The van der Waals surface area contributed by atoms with Crippen molar-refractivity contribution in [3.8, 4) is 16.9 Å². The van der Waals surface area contributed by atoms with Crippen LogP contribution in [0.25, 0.3) is 22.2 Å². The average Bonchev–Trinajstić information content (AvgIpc) is 3.52. The summed E-state index contributed by atoms with van der Waals surface area (Å²) in [5.74, 6) is 0.560. The molecule has 36 heavy (non-hydrogen) atoms. The van der Waals surface area contributed by atoms with E-state index in [9.17, 15) is 18.4 Å². The van der Waals surface area contributed by atoms with Crippen molar-refractivity contribution in [2.45, 2.75) is 38.0 Å². The van der Waals surface area contributed by atoms with Gasteiger partial charge in [-0.15, -0.1) is 0 Å². The second-order valence-corrected chi connectivity index (χ2v) is 9.48. The fourth-order valence-corrected chi connectivity index (χ4v) is 5.94. The van der Waals surface area contributed by atoms with Crippen LogP contribution in [0, 0.1) is 0 Å². The lowest BCUT2D eigenvalue weighted by molar-refractivity contribution is -0.0507. The maximum atomic E-state index is 13.3. The molecule has 1 amide bonds. The number of hydrogen-bond donors (Lipinski definition) is 0. The summed E-state index contributed by atoms with van der Waals surface area (Å²) in [5.41, 5.74) is 5.72. The molecule has 2 unspecified atom stereocenters. The first-order valence-corrected chi connectivity index (χ1v) is 11.8. The van der Waals surface area contributed by atoms with Gasteiger partial charge in [-0.1, -0.05) is 12.1 Å². The van der Waals surface area contributed by atoms with E-state index in [0.29, 0.717) is 36.1 Å². The largest absolute Gasteiger partial charge is 0.434 e. The summed E-state index contributed by atoms with van der Waals surface area (Å²) in [6.07, 6.45) is 3.40. The van der Waals surface area contributed by atoms with E-state index in [0.717, 1.165) is 33.5 Å². The maximum absolute atomic E-state index is 13.3. The molecule has 2 aromatic heterocycles. The minimum absolute atomic E-state index is 0.00763. The number of aromatic nitrogens is 3. The van der Waals surface area contributed by atoms with E-state index in [1.165, 1.54) is 6.07 Å². The predicted octanol–water partition coefficient (Wildman–Crippen LogP) is 4.95. The highest BCUT2D eigenvalue weighted by Gasteiger charge is 2.45. The molecule has 4 heterocycles. The van der Waals surface area contributed by atoms with Gasteiger partial charge >= 0.3 is 6.61 Å². The Kier molecular flexibility index (Phi) is 4.37. The van der Waals surface area contributed by atoms with Gasteiger partial charge in [-0.05, 0) is 47.9 Å². The van der Waals surface area contributed by atoms with Crippen LogP contribution in [0.15, 0.2) is 48.7 Å². The first-order valence-electron chi connectivity index (χ1n) is 11.8. The third-order valence-electron chi connectivity index (χ3n) is 7.59. The molecular weight excluding hydrogens is 466 g/mol. The third-order valence-corrected chi connectivity index (χ3v) is 7.59. The van der Waals surface area contributed by atoms with Gasteiger partial charge in [0, 0.05) is 42.8 Å². The number of fused-ring (bicyclic) bond motifs is 10. The zero-order valence-electron chi connectivity index (χ0n) is 19.2. The predicted molar refractivity (Wildman–Crippen MR) is 126 cm³/mol. The topological polar surface area (TPSA) is 77.3 Å². The number of imidazole rings is 1. The Morgan fingerprint density at radius 3 is 2.75 bits per heavy atom. The van der Waals surface area contributed by atoms with Gasteiger partial charge in [0.05, 0.1) is 23.1 Å². The SMILES string of the molecule is CN1C(=O)c2cccc(OC(F)F)c2C2CC1c1nc3ccc(-c4cnc5c(c4)CCC5=O)cc3n12. The lowest BCUT2D eigenvalue weighted by atomic mass is 9.97. The molecule has 0 radical (unpaired) electrons. The van der Waals surface area contributed by atoms with Gasteiger partial charge in [-0.2, -0.15) is 8.78 Å². The molecule has 0 saturated heterocycles. The second-order valence-electron chi connectivity index (χ2n) is 9.48. The van der Waals surface area contributed by atoms with Crippen LogP contribution in [-0.4, -0.2) is 44.8 Å². The number of carbonyl (C=O) groups excluding carboxylic acids is 2. The molecule has 2 aliphatic heterocycles. The summed E-state index contributed by atoms with van der Waals surface area (Å²) in [6, 6.07) is 11.9. The number of ether oxygens (including phenoxy) is 1. The fourth-order valence-electron chi connectivity index (χ4n) is 5.94. The average molecular weight is 486 g/mol. The molecular formula is C27H20F2N4O3. The Labute approximate surface area is 204 Å². The summed E-state index contributed by atoms with van der Waals surface area (Å²) in [5, 5.41) is 0. The van der Waals surface area contributed by atoms with Crippen LogP contribution in [0.3, 0.4) is 0 Å². The Hall–Kier alpha value is -4.14. The van der Waals surface area contributed by atoms with Crippen molar-refractivity contribution in [2.75, 3.05) is 7.05 Å². The molecule has 3 aliphatic rings. The van der Waals surface area contributed by atoms with Crippen molar-refractivity contribution in [1.82, 2.24) is 19.4 Å². The second kappa shape index (κ2) is 7.43.